The summed E-state index contributed by atoms with van der Waals surface area (Å²) >= 11 is 0. The number of rotatable bonds is 5. The molecule has 0 aliphatic rings. The fraction of sp³-hybridized carbons (Fsp3) is 0.136. The standard InChI is InChI=1S/C22H20N4/c1-2-26(16-17-9-4-3-5-10-17)22-19-12-6-7-13-20(19)24-21(25-22)18-11-8-14-23-15-18/h3-15H,2,16H2,1H3. The molecule has 2 heterocycles. The Morgan fingerprint density at radius 2 is 1.65 bits per heavy atom. The summed E-state index contributed by atoms with van der Waals surface area (Å²) < 4.78 is 0. The highest BCUT2D eigenvalue weighted by atomic mass is 15.2. The quantitative estimate of drug-likeness (QED) is 0.527. The SMILES string of the molecule is CCN(Cc1ccccc1)c1nc(-c2cccnc2)nc2ccccc12. The van der Waals surface area contributed by atoms with E-state index in [9.17, 15) is 0 Å². The zero-order valence-corrected chi connectivity index (χ0v) is 14.7. The van der Waals surface area contributed by atoms with Gasteiger partial charge in [0.25, 0.3) is 0 Å². The maximum absolute atomic E-state index is 4.91. The van der Waals surface area contributed by atoms with Crippen LogP contribution >= 0.6 is 0 Å². The van der Waals surface area contributed by atoms with Crippen LogP contribution in [-0.2, 0) is 6.54 Å². The number of anilines is 1. The molecule has 0 aliphatic carbocycles. The fourth-order valence-electron chi connectivity index (χ4n) is 3.07. The average Bonchev–Trinajstić information content (AvgIpc) is 2.72. The molecule has 128 valence electrons. The van der Waals surface area contributed by atoms with Crippen LogP contribution in [0.1, 0.15) is 12.5 Å². The van der Waals surface area contributed by atoms with Crippen LogP contribution in [0.15, 0.2) is 79.1 Å². The predicted molar refractivity (Wildman–Crippen MR) is 106 cm³/mol. The molecule has 0 bridgehead atoms. The van der Waals surface area contributed by atoms with E-state index in [-0.39, 0.29) is 0 Å². The second-order valence-corrected chi connectivity index (χ2v) is 6.13. The minimum Gasteiger partial charge on any atom is -0.352 e. The Morgan fingerprint density at radius 1 is 0.846 bits per heavy atom. The molecule has 2 aromatic heterocycles. The monoisotopic (exact) mass is 340 g/mol. The first-order valence-corrected chi connectivity index (χ1v) is 8.81. The van der Waals surface area contributed by atoms with Gasteiger partial charge in [-0.3, -0.25) is 4.98 Å². The van der Waals surface area contributed by atoms with Crippen LogP contribution in [0.25, 0.3) is 22.3 Å². The molecule has 0 fully saturated rings. The zero-order chi connectivity index (χ0) is 17.8. The number of fused-ring (bicyclic) bond motifs is 1. The Bertz CT molecular complexity index is 1000. The van der Waals surface area contributed by atoms with Gasteiger partial charge in [0.1, 0.15) is 5.82 Å². The fourth-order valence-corrected chi connectivity index (χ4v) is 3.07. The topological polar surface area (TPSA) is 41.9 Å². The van der Waals surface area contributed by atoms with Crippen LogP contribution in [0, 0.1) is 0 Å². The largest absolute Gasteiger partial charge is 0.352 e. The van der Waals surface area contributed by atoms with Crippen molar-refractivity contribution in [1.29, 1.82) is 0 Å². The van der Waals surface area contributed by atoms with Gasteiger partial charge in [-0.25, -0.2) is 9.97 Å². The van der Waals surface area contributed by atoms with Crippen LogP contribution in [0.3, 0.4) is 0 Å². The van der Waals surface area contributed by atoms with Gasteiger partial charge in [-0.2, -0.15) is 0 Å². The molecule has 4 heteroatoms. The van der Waals surface area contributed by atoms with Gasteiger partial charge in [0.2, 0.25) is 0 Å². The minimum absolute atomic E-state index is 0.707. The van der Waals surface area contributed by atoms with Gasteiger partial charge < -0.3 is 4.90 Å². The van der Waals surface area contributed by atoms with Crippen molar-refractivity contribution in [2.24, 2.45) is 0 Å². The second kappa shape index (κ2) is 7.31. The van der Waals surface area contributed by atoms with Gasteiger partial charge in [0, 0.05) is 36.4 Å². The number of aromatic nitrogens is 3. The van der Waals surface area contributed by atoms with Crippen molar-refractivity contribution >= 4 is 16.7 Å². The highest BCUT2D eigenvalue weighted by Gasteiger charge is 2.14. The molecule has 0 N–H and O–H groups in total. The van der Waals surface area contributed by atoms with Crippen molar-refractivity contribution in [3.05, 3.63) is 84.7 Å². The van der Waals surface area contributed by atoms with Crippen molar-refractivity contribution in [3.63, 3.8) is 0 Å². The number of nitrogens with zero attached hydrogens (tertiary/aromatic N) is 4. The molecule has 0 saturated carbocycles. The molecule has 0 amide bonds. The van der Waals surface area contributed by atoms with E-state index in [0.29, 0.717) is 5.82 Å². The van der Waals surface area contributed by atoms with E-state index in [2.05, 4.69) is 47.1 Å². The molecular formula is C22H20N4. The molecule has 4 aromatic rings. The maximum atomic E-state index is 4.91. The van der Waals surface area contributed by atoms with E-state index in [0.717, 1.165) is 35.4 Å². The summed E-state index contributed by atoms with van der Waals surface area (Å²) in [7, 11) is 0. The highest BCUT2D eigenvalue weighted by molar-refractivity contribution is 5.91. The summed E-state index contributed by atoms with van der Waals surface area (Å²) in [6.07, 6.45) is 3.57. The first-order valence-electron chi connectivity index (χ1n) is 8.81. The number of pyridine rings is 1. The average molecular weight is 340 g/mol. The summed E-state index contributed by atoms with van der Waals surface area (Å²) in [5.41, 5.74) is 3.14. The normalized spacial score (nSPS) is 10.8. The Labute approximate surface area is 153 Å². The molecule has 0 atom stereocenters. The first kappa shape index (κ1) is 16.2. The first-order chi connectivity index (χ1) is 12.8. The summed E-state index contributed by atoms with van der Waals surface area (Å²) in [4.78, 5) is 16.2. The lowest BCUT2D eigenvalue weighted by atomic mass is 10.1. The van der Waals surface area contributed by atoms with Crippen molar-refractivity contribution in [2.75, 3.05) is 11.4 Å². The smallest absolute Gasteiger partial charge is 0.163 e. The van der Waals surface area contributed by atoms with Gasteiger partial charge in [0.05, 0.1) is 5.52 Å². The van der Waals surface area contributed by atoms with Crippen LogP contribution < -0.4 is 4.90 Å². The number of hydrogen-bond donors (Lipinski definition) is 0. The Hall–Kier alpha value is -3.27. The third kappa shape index (κ3) is 3.26. The third-order valence-corrected chi connectivity index (χ3v) is 4.40. The predicted octanol–water partition coefficient (Wildman–Crippen LogP) is 4.72. The van der Waals surface area contributed by atoms with Crippen molar-refractivity contribution in [3.8, 4) is 11.4 Å². The Morgan fingerprint density at radius 3 is 2.42 bits per heavy atom. The summed E-state index contributed by atoms with van der Waals surface area (Å²) in [6, 6.07) is 22.6. The van der Waals surface area contributed by atoms with E-state index in [1.165, 1.54) is 5.56 Å². The lowest BCUT2D eigenvalue weighted by Crippen LogP contribution is -2.23. The van der Waals surface area contributed by atoms with E-state index >= 15 is 0 Å². The molecule has 26 heavy (non-hydrogen) atoms. The van der Waals surface area contributed by atoms with Crippen molar-refractivity contribution in [2.45, 2.75) is 13.5 Å². The van der Waals surface area contributed by atoms with Crippen molar-refractivity contribution in [1.82, 2.24) is 15.0 Å². The highest BCUT2D eigenvalue weighted by Crippen LogP contribution is 2.28. The van der Waals surface area contributed by atoms with Gasteiger partial charge in [-0.05, 0) is 36.8 Å². The number of hydrogen-bond acceptors (Lipinski definition) is 4. The molecule has 0 unspecified atom stereocenters. The Kier molecular flexibility index (Phi) is 4.56. The molecule has 0 saturated heterocycles. The van der Waals surface area contributed by atoms with Gasteiger partial charge in [0.15, 0.2) is 5.82 Å². The zero-order valence-electron chi connectivity index (χ0n) is 14.7. The molecule has 4 nitrogen and oxygen atoms in total. The van der Waals surface area contributed by atoms with Crippen LogP contribution in [0.2, 0.25) is 0 Å². The molecule has 4 rings (SSSR count). The van der Waals surface area contributed by atoms with Gasteiger partial charge in [-0.1, -0.05) is 42.5 Å². The van der Waals surface area contributed by atoms with Crippen LogP contribution in [0.5, 0.6) is 0 Å². The van der Waals surface area contributed by atoms with Gasteiger partial charge in [-0.15, -0.1) is 0 Å². The van der Waals surface area contributed by atoms with E-state index in [4.69, 9.17) is 9.97 Å². The lowest BCUT2D eigenvalue weighted by molar-refractivity contribution is 0.817. The molecule has 2 aromatic carbocycles. The number of benzene rings is 2. The maximum Gasteiger partial charge on any atom is 0.163 e. The molecule has 0 radical (unpaired) electrons. The Balaban J connectivity index is 1.84. The van der Waals surface area contributed by atoms with Crippen LogP contribution in [0.4, 0.5) is 5.82 Å². The minimum atomic E-state index is 0.707. The van der Waals surface area contributed by atoms with Crippen LogP contribution in [-0.4, -0.2) is 21.5 Å². The lowest BCUT2D eigenvalue weighted by Gasteiger charge is -2.24. The second-order valence-electron chi connectivity index (χ2n) is 6.13. The molecule has 0 spiro atoms. The molecule has 0 aliphatic heterocycles. The van der Waals surface area contributed by atoms with Crippen molar-refractivity contribution < 1.29 is 0 Å². The van der Waals surface area contributed by atoms with E-state index < -0.39 is 0 Å². The molecular weight excluding hydrogens is 320 g/mol. The summed E-state index contributed by atoms with van der Waals surface area (Å²) in [5, 5.41) is 1.07. The third-order valence-electron chi connectivity index (χ3n) is 4.40. The van der Waals surface area contributed by atoms with Gasteiger partial charge >= 0.3 is 0 Å². The van der Waals surface area contributed by atoms with E-state index in [1.54, 1.807) is 12.4 Å². The van der Waals surface area contributed by atoms with E-state index in [1.807, 2.05) is 36.4 Å². The summed E-state index contributed by atoms with van der Waals surface area (Å²) in [5.74, 6) is 1.67. The summed E-state index contributed by atoms with van der Waals surface area (Å²) in [6.45, 7) is 3.83. The number of para-hydroxylation sites is 1.